The highest BCUT2D eigenvalue weighted by Gasteiger charge is 2.15. The van der Waals surface area contributed by atoms with Crippen LogP contribution in [-0.4, -0.2) is 20.6 Å². The van der Waals surface area contributed by atoms with Crippen LogP contribution < -0.4 is 0 Å². The third-order valence-corrected chi connectivity index (χ3v) is 3.98. The monoisotopic (exact) mass is 328 g/mol. The number of hydrogen-bond donors (Lipinski definition) is 1. The summed E-state index contributed by atoms with van der Waals surface area (Å²) >= 11 is 5.97. The second kappa shape index (κ2) is 6.05. The smallest absolute Gasteiger partial charge is 0.307 e. The molecule has 1 N–H and O–H groups in total. The van der Waals surface area contributed by atoms with Crippen LogP contribution in [-0.2, 0) is 11.2 Å². The van der Waals surface area contributed by atoms with E-state index in [2.05, 4.69) is 18.4 Å². The molecular weight excluding hydrogens is 312 g/mol. The van der Waals surface area contributed by atoms with E-state index in [0.29, 0.717) is 5.02 Å². The SMILES string of the molecule is CC(C)n1c(-c2ccc(Cl)cc2)nc2cc(CC(=O)O)ccc21. The molecule has 1 aromatic heterocycles. The molecule has 0 aliphatic carbocycles. The van der Waals surface area contributed by atoms with Crippen molar-refractivity contribution in [3.8, 4) is 11.4 Å². The lowest BCUT2D eigenvalue weighted by atomic mass is 10.1. The first-order valence-electron chi connectivity index (χ1n) is 7.44. The summed E-state index contributed by atoms with van der Waals surface area (Å²) in [7, 11) is 0. The third kappa shape index (κ3) is 3.08. The molecule has 0 unspecified atom stereocenters. The van der Waals surface area contributed by atoms with Crippen molar-refractivity contribution in [2.45, 2.75) is 26.3 Å². The number of carboxylic acid groups (broad SMARTS) is 1. The van der Waals surface area contributed by atoms with Crippen LogP contribution in [0.1, 0.15) is 25.5 Å². The number of benzene rings is 2. The summed E-state index contributed by atoms with van der Waals surface area (Å²) < 4.78 is 2.16. The van der Waals surface area contributed by atoms with Gasteiger partial charge in [0.05, 0.1) is 17.5 Å². The number of carboxylic acids is 1. The van der Waals surface area contributed by atoms with Crippen molar-refractivity contribution >= 4 is 28.6 Å². The average molecular weight is 329 g/mol. The fraction of sp³-hybridized carbons (Fsp3) is 0.222. The molecule has 0 fully saturated rings. The normalized spacial score (nSPS) is 11.3. The molecule has 3 rings (SSSR count). The maximum Gasteiger partial charge on any atom is 0.307 e. The Morgan fingerprint density at radius 1 is 1.22 bits per heavy atom. The van der Waals surface area contributed by atoms with E-state index in [-0.39, 0.29) is 12.5 Å². The van der Waals surface area contributed by atoms with Crippen LogP contribution in [0.25, 0.3) is 22.4 Å². The molecule has 2 aromatic carbocycles. The Labute approximate surface area is 139 Å². The molecule has 0 saturated heterocycles. The number of aromatic nitrogens is 2. The fourth-order valence-electron chi connectivity index (χ4n) is 2.75. The van der Waals surface area contributed by atoms with E-state index in [1.54, 1.807) is 0 Å². The Bertz CT molecular complexity index is 867. The standard InChI is InChI=1S/C18H17ClN2O2/c1-11(2)21-16-8-3-12(10-17(22)23)9-15(16)20-18(21)13-4-6-14(19)7-5-13/h3-9,11H,10H2,1-2H3,(H,22,23). The van der Waals surface area contributed by atoms with E-state index < -0.39 is 5.97 Å². The second-order valence-electron chi connectivity index (χ2n) is 5.80. The van der Waals surface area contributed by atoms with Crippen LogP contribution >= 0.6 is 11.6 Å². The molecule has 0 aliphatic heterocycles. The van der Waals surface area contributed by atoms with E-state index in [9.17, 15) is 4.79 Å². The number of imidazole rings is 1. The van der Waals surface area contributed by atoms with Gasteiger partial charge in [-0.15, -0.1) is 0 Å². The molecule has 0 aliphatic rings. The molecular formula is C18H17ClN2O2. The number of hydrogen-bond acceptors (Lipinski definition) is 2. The Morgan fingerprint density at radius 2 is 1.91 bits per heavy atom. The zero-order chi connectivity index (χ0) is 16.6. The van der Waals surface area contributed by atoms with Gasteiger partial charge in [0.15, 0.2) is 0 Å². The lowest BCUT2D eigenvalue weighted by molar-refractivity contribution is -0.136. The van der Waals surface area contributed by atoms with E-state index in [0.717, 1.165) is 28.0 Å². The van der Waals surface area contributed by atoms with Gasteiger partial charge in [0.2, 0.25) is 0 Å². The Balaban J connectivity index is 2.18. The molecule has 0 spiro atoms. The van der Waals surface area contributed by atoms with Gasteiger partial charge in [-0.1, -0.05) is 17.7 Å². The van der Waals surface area contributed by atoms with Crippen LogP contribution in [0.2, 0.25) is 5.02 Å². The highest BCUT2D eigenvalue weighted by atomic mass is 35.5. The van der Waals surface area contributed by atoms with Gasteiger partial charge in [-0.3, -0.25) is 4.79 Å². The van der Waals surface area contributed by atoms with Gasteiger partial charge in [0.1, 0.15) is 5.82 Å². The zero-order valence-electron chi connectivity index (χ0n) is 13.0. The number of carbonyl (C=O) groups is 1. The minimum atomic E-state index is -0.842. The van der Waals surface area contributed by atoms with Gasteiger partial charge in [-0.2, -0.15) is 0 Å². The highest BCUT2D eigenvalue weighted by Crippen LogP contribution is 2.29. The maximum atomic E-state index is 10.9. The molecule has 118 valence electrons. The number of nitrogens with zero attached hydrogens (tertiary/aromatic N) is 2. The van der Waals surface area contributed by atoms with Crippen LogP contribution in [0.3, 0.4) is 0 Å². The van der Waals surface area contributed by atoms with Gasteiger partial charge < -0.3 is 9.67 Å². The summed E-state index contributed by atoms with van der Waals surface area (Å²) in [6.45, 7) is 4.21. The first-order valence-corrected chi connectivity index (χ1v) is 7.82. The quantitative estimate of drug-likeness (QED) is 0.763. The van der Waals surface area contributed by atoms with Gasteiger partial charge in [-0.25, -0.2) is 4.98 Å². The Kier molecular flexibility index (Phi) is 4.09. The number of aliphatic carboxylic acids is 1. The van der Waals surface area contributed by atoms with Crippen LogP contribution in [0.5, 0.6) is 0 Å². The predicted molar refractivity (Wildman–Crippen MR) is 91.9 cm³/mol. The van der Waals surface area contributed by atoms with Crippen molar-refractivity contribution in [3.05, 3.63) is 53.1 Å². The molecule has 0 bridgehead atoms. The van der Waals surface area contributed by atoms with Crippen molar-refractivity contribution in [2.24, 2.45) is 0 Å². The molecule has 4 nitrogen and oxygen atoms in total. The summed E-state index contributed by atoms with van der Waals surface area (Å²) in [4.78, 5) is 15.6. The van der Waals surface area contributed by atoms with E-state index >= 15 is 0 Å². The number of rotatable bonds is 4. The van der Waals surface area contributed by atoms with Crippen LogP contribution in [0, 0.1) is 0 Å². The molecule has 0 radical (unpaired) electrons. The summed E-state index contributed by atoms with van der Waals surface area (Å²) in [6.07, 6.45) is 0.000751. The molecule has 0 atom stereocenters. The van der Waals surface area contributed by atoms with E-state index in [4.69, 9.17) is 21.7 Å². The highest BCUT2D eigenvalue weighted by molar-refractivity contribution is 6.30. The molecule has 23 heavy (non-hydrogen) atoms. The van der Waals surface area contributed by atoms with Crippen molar-refractivity contribution in [1.29, 1.82) is 0 Å². The predicted octanol–water partition coefficient (Wildman–Crippen LogP) is 4.56. The molecule has 1 heterocycles. The third-order valence-electron chi connectivity index (χ3n) is 3.73. The van der Waals surface area contributed by atoms with Gasteiger partial charge in [0.25, 0.3) is 0 Å². The summed E-state index contributed by atoms with van der Waals surface area (Å²) in [6, 6.07) is 13.5. The first-order chi connectivity index (χ1) is 11.0. The van der Waals surface area contributed by atoms with Crippen molar-refractivity contribution in [3.63, 3.8) is 0 Å². The molecule has 0 saturated carbocycles. The lowest BCUT2D eigenvalue weighted by Crippen LogP contribution is -2.03. The molecule has 3 aromatic rings. The molecule has 0 amide bonds. The summed E-state index contributed by atoms with van der Waals surface area (Å²) in [5.41, 5.74) is 3.54. The maximum absolute atomic E-state index is 10.9. The van der Waals surface area contributed by atoms with Crippen LogP contribution in [0.15, 0.2) is 42.5 Å². The van der Waals surface area contributed by atoms with Crippen molar-refractivity contribution in [2.75, 3.05) is 0 Å². The van der Waals surface area contributed by atoms with Crippen LogP contribution in [0.4, 0.5) is 0 Å². The lowest BCUT2D eigenvalue weighted by Gasteiger charge is -2.13. The minimum Gasteiger partial charge on any atom is -0.481 e. The first kappa shape index (κ1) is 15.6. The number of fused-ring (bicyclic) bond motifs is 1. The largest absolute Gasteiger partial charge is 0.481 e. The van der Waals surface area contributed by atoms with Gasteiger partial charge in [0, 0.05) is 16.6 Å². The summed E-state index contributed by atoms with van der Waals surface area (Å²) in [5, 5.41) is 9.64. The average Bonchev–Trinajstić information content (AvgIpc) is 2.86. The van der Waals surface area contributed by atoms with Crippen molar-refractivity contribution in [1.82, 2.24) is 9.55 Å². The second-order valence-corrected chi connectivity index (χ2v) is 6.24. The minimum absolute atomic E-state index is 0.000751. The summed E-state index contributed by atoms with van der Waals surface area (Å²) in [5.74, 6) is 0.0182. The van der Waals surface area contributed by atoms with E-state index in [1.165, 1.54) is 0 Å². The van der Waals surface area contributed by atoms with Crippen molar-refractivity contribution < 1.29 is 9.90 Å². The van der Waals surface area contributed by atoms with Gasteiger partial charge >= 0.3 is 5.97 Å². The zero-order valence-corrected chi connectivity index (χ0v) is 13.7. The topological polar surface area (TPSA) is 55.1 Å². The Morgan fingerprint density at radius 3 is 2.52 bits per heavy atom. The Hall–Kier alpha value is -2.33. The van der Waals surface area contributed by atoms with Gasteiger partial charge in [-0.05, 0) is 55.8 Å². The van der Waals surface area contributed by atoms with E-state index in [1.807, 2.05) is 42.5 Å². The fourth-order valence-corrected chi connectivity index (χ4v) is 2.88. The number of halogens is 1. The molecule has 5 heteroatoms.